The van der Waals surface area contributed by atoms with Crippen LogP contribution in [0.3, 0.4) is 0 Å². The van der Waals surface area contributed by atoms with Crippen LogP contribution in [0.15, 0.2) is 91.0 Å². The minimum absolute atomic E-state index is 0.0244. The topological polar surface area (TPSA) is 163 Å². The number of esters is 3. The Balaban J connectivity index is 1.51. The van der Waals surface area contributed by atoms with Crippen LogP contribution in [0, 0.1) is 0 Å². The monoisotopic (exact) mass is 645 g/mol. The highest BCUT2D eigenvalue weighted by molar-refractivity contribution is 5.89. The van der Waals surface area contributed by atoms with E-state index in [9.17, 15) is 24.0 Å². The number of hydrogen-bond donors (Lipinski definition) is 3. The lowest BCUT2D eigenvalue weighted by molar-refractivity contribution is -0.151. The molecule has 0 spiro atoms. The lowest BCUT2D eigenvalue weighted by Gasteiger charge is -2.20. The van der Waals surface area contributed by atoms with Crippen molar-refractivity contribution < 1.29 is 38.2 Å². The number of carbonyl (C=O) groups excluding carboxylic acids is 5. The van der Waals surface area contributed by atoms with Crippen molar-refractivity contribution in [3.05, 3.63) is 108 Å². The summed E-state index contributed by atoms with van der Waals surface area (Å²) in [6.45, 7) is 2.02. The molecule has 4 N–H and O–H groups in total. The van der Waals surface area contributed by atoms with E-state index < -0.39 is 47.8 Å². The smallest absolute Gasteiger partial charge is 0.328 e. The molecule has 3 unspecified atom stereocenters. The van der Waals surface area contributed by atoms with Gasteiger partial charge >= 0.3 is 17.9 Å². The van der Waals surface area contributed by atoms with E-state index in [-0.39, 0.29) is 45.5 Å². The lowest BCUT2D eigenvalue weighted by atomic mass is 10.1. The largest absolute Gasteiger partial charge is 0.461 e. The van der Waals surface area contributed by atoms with E-state index >= 15 is 0 Å². The van der Waals surface area contributed by atoms with Crippen LogP contribution >= 0.6 is 0 Å². The molecule has 250 valence electrons. The number of ether oxygens (including phenoxy) is 3. The Bertz CT molecular complexity index is 1420. The Morgan fingerprint density at radius 1 is 0.596 bits per heavy atom. The van der Waals surface area contributed by atoms with Crippen molar-refractivity contribution in [2.45, 2.75) is 83.4 Å². The second kappa shape index (κ2) is 20.2. The third kappa shape index (κ3) is 13.9. The van der Waals surface area contributed by atoms with Crippen LogP contribution in [0.5, 0.6) is 0 Å². The van der Waals surface area contributed by atoms with E-state index in [2.05, 4.69) is 10.6 Å². The third-order valence-electron chi connectivity index (χ3n) is 7.14. The molecule has 0 heterocycles. The summed E-state index contributed by atoms with van der Waals surface area (Å²) in [6, 6.07) is 24.2. The molecule has 0 fully saturated rings. The van der Waals surface area contributed by atoms with Crippen molar-refractivity contribution in [3.8, 4) is 0 Å². The van der Waals surface area contributed by atoms with Crippen LogP contribution in [-0.2, 0) is 58.0 Å². The highest BCUT2D eigenvalue weighted by Gasteiger charge is 2.27. The quantitative estimate of drug-likeness (QED) is 0.130. The molecule has 0 aliphatic carbocycles. The summed E-state index contributed by atoms with van der Waals surface area (Å²) in [5.41, 5.74) is 8.47. The molecule has 47 heavy (non-hydrogen) atoms. The molecule has 3 atom stereocenters. The van der Waals surface area contributed by atoms with Crippen molar-refractivity contribution in [2.75, 3.05) is 0 Å². The highest BCUT2D eigenvalue weighted by Crippen LogP contribution is 2.10. The third-order valence-corrected chi connectivity index (χ3v) is 7.14. The molecule has 3 aromatic carbocycles. The van der Waals surface area contributed by atoms with Crippen LogP contribution in [0.1, 0.15) is 62.1 Å². The first kappa shape index (κ1) is 36.4. The molecule has 2 amide bonds. The first-order chi connectivity index (χ1) is 22.7. The Morgan fingerprint density at radius 2 is 1.04 bits per heavy atom. The minimum Gasteiger partial charge on any atom is -0.461 e. The van der Waals surface area contributed by atoms with Crippen molar-refractivity contribution >= 4 is 29.7 Å². The Morgan fingerprint density at radius 3 is 1.51 bits per heavy atom. The zero-order valence-electron chi connectivity index (χ0n) is 26.6. The number of benzene rings is 3. The van der Waals surface area contributed by atoms with Crippen molar-refractivity contribution in [1.29, 1.82) is 0 Å². The van der Waals surface area contributed by atoms with Gasteiger partial charge in [0.05, 0.1) is 6.04 Å². The molecular weight excluding hydrogens is 602 g/mol. The molecule has 3 rings (SSSR count). The van der Waals surface area contributed by atoms with Crippen LogP contribution in [-0.4, -0.2) is 47.8 Å². The van der Waals surface area contributed by atoms with E-state index in [1.807, 2.05) is 73.7 Å². The van der Waals surface area contributed by atoms with Gasteiger partial charge in [-0.05, 0) is 36.0 Å². The van der Waals surface area contributed by atoms with Crippen LogP contribution in [0.25, 0.3) is 0 Å². The number of carbonyl (C=O) groups is 5. The highest BCUT2D eigenvalue weighted by atomic mass is 16.5. The Labute approximate surface area is 275 Å². The SMILES string of the molecule is CCCC(NC(=O)CCC(N)C(=O)NC(CCC(=O)OCc1ccccc1)C(=O)OCc1ccccc1)C(=O)OCc1ccccc1. The van der Waals surface area contributed by atoms with Gasteiger partial charge in [-0.1, -0.05) is 104 Å². The van der Waals surface area contributed by atoms with E-state index in [1.54, 1.807) is 24.3 Å². The summed E-state index contributed by atoms with van der Waals surface area (Å²) in [5.74, 6) is -2.99. The molecule has 0 aliphatic rings. The van der Waals surface area contributed by atoms with Crippen molar-refractivity contribution in [2.24, 2.45) is 5.73 Å². The molecular formula is C36H43N3O8. The molecule has 0 saturated carbocycles. The molecule has 0 radical (unpaired) electrons. The van der Waals surface area contributed by atoms with Gasteiger partial charge < -0.3 is 30.6 Å². The van der Waals surface area contributed by atoms with E-state index in [1.165, 1.54) is 0 Å². The summed E-state index contributed by atoms with van der Waals surface area (Å²) >= 11 is 0. The predicted octanol–water partition coefficient (Wildman–Crippen LogP) is 3.87. The molecule has 0 aromatic heterocycles. The Hall–Kier alpha value is -5.03. The van der Waals surface area contributed by atoms with Crippen LogP contribution < -0.4 is 16.4 Å². The van der Waals surface area contributed by atoms with E-state index in [0.717, 1.165) is 16.7 Å². The molecule has 3 aromatic rings. The maximum atomic E-state index is 13.0. The van der Waals surface area contributed by atoms with Gasteiger partial charge in [0.25, 0.3) is 0 Å². The number of rotatable bonds is 19. The average Bonchev–Trinajstić information content (AvgIpc) is 3.10. The molecule has 11 heteroatoms. The van der Waals surface area contributed by atoms with Gasteiger partial charge in [-0.25, -0.2) is 9.59 Å². The van der Waals surface area contributed by atoms with Crippen LogP contribution in [0.2, 0.25) is 0 Å². The summed E-state index contributed by atoms with van der Waals surface area (Å²) in [7, 11) is 0. The van der Waals surface area contributed by atoms with Crippen LogP contribution in [0.4, 0.5) is 0 Å². The standard InChI is InChI=1S/C36H43N3O8/c1-2-12-30(35(43)46-24-27-15-8-4-9-16-27)38-32(40)21-19-29(37)34(42)39-31(36(44)47-25-28-17-10-5-11-18-28)20-22-33(41)45-23-26-13-6-3-7-14-26/h3-11,13-18,29-31H,2,12,19-25,37H2,1H3,(H,38,40)(H,39,42). The summed E-state index contributed by atoms with van der Waals surface area (Å²) in [4.78, 5) is 63.7. The number of amides is 2. The molecule has 11 nitrogen and oxygen atoms in total. The fraction of sp³-hybridized carbons (Fsp3) is 0.361. The molecule has 0 saturated heterocycles. The van der Waals surface area contributed by atoms with Crippen molar-refractivity contribution in [1.82, 2.24) is 10.6 Å². The van der Waals surface area contributed by atoms with Gasteiger partial charge in [0, 0.05) is 12.8 Å². The van der Waals surface area contributed by atoms with Crippen molar-refractivity contribution in [3.63, 3.8) is 0 Å². The number of nitrogens with two attached hydrogens (primary N) is 1. The molecule has 0 aliphatic heterocycles. The fourth-order valence-electron chi connectivity index (χ4n) is 4.48. The second-order valence-electron chi connectivity index (χ2n) is 11.0. The average molecular weight is 646 g/mol. The zero-order valence-corrected chi connectivity index (χ0v) is 26.6. The van der Waals surface area contributed by atoms with Gasteiger partial charge in [0.1, 0.15) is 31.9 Å². The summed E-state index contributed by atoms with van der Waals surface area (Å²) in [5, 5.41) is 5.24. The van der Waals surface area contributed by atoms with E-state index in [0.29, 0.717) is 12.8 Å². The van der Waals surface area contributed by atoms with Gasteiger partial charge in [-0.15, -0.1) is 0 Å². The second-order valence-corrected chi connectivity index (χ2v) is 11.0. The van der Waals surface area contributed by atoms with Gasteiger partial charge in [0.15, 0.2) is 0 Å². The predicted molar refractivity (Wildman–Crippen MR) is 174 cm³/mol. The summed E-state index contributed by atoms with van der Waals surface area (Å²) in [6.07, 6.45) is 0.580. The normalized spacial score (nSPS) is 12.6. The van der Waals surface area contributed by atoms with Gasteiger partial charge in [-0.2, -0.15) is 0 Å². The fourth-order valence-corrected chi connectivity index (χ4v) is 4.48. The first-order valence-electron chi connectivity index (χ1n) is 15.7. The van der Waals surface area contributed by atoms with Gasteiger partial charge in [0.2, 0.25) is 11.8 Å². The lowest BCUT2D eigenvalue weighted by Crippen LogP contribution is -2.49. The minimum atomic E-state index is -1.18. The van der Waals surface area contributed by atoms with Gasteiger partial charge in [-0.3, -0.25) is 14.4 Å². The summed E-state index contributed by atoms with van der Waals surface area (Å²) < 4.78 is 16.1. The molecule has 0 bridgehead atoms. The first-order valence-corrected chi connectivity index (χ1v) is 15.7. The number of nitrogens with one attached hydrogen (secondary N) is 2. The Kier molecular flexibility index (Phi) is 15.6. The van der Waals surface area contributed by atoms with E-state index in [4.69, 9.17) is 19.9 Å². The zero-order chi connectivity index (χ0) is 33.9. The number of hydrogen-bond acceptors (Lipinski definition) is 9. The maximum Gasteiger partial charge on any atom is 0.328 e. The maximum absolute atomic E-state index is 13.0.